The first-order valence-electron chi connectivity index (χ1n) is 5.42. The second-order valence-electron chi connectivity index (χ2n) is 4.60. The quantitative estimate of drug-likeness (QED) is 0.737. The van der Waals surface area contributed by atoms with Gasteiger partial charge in [-0.05, 0) is 13.3 Å². The van der Waals surface area contributed by atoms with Gasteiger partial charge < -0.3 is 5.32 Å². The number of hydrogen-bond donors (Lipinski definition) is 1. The summed E-state index contributed by atoms with van der Waals surface area (Å²) in [4.78, 5) is 0. The van der Waals surface area contributed by atoms with Crippen molar-refractivity contribution >= 4 is 10.0 Å². The molecule has 0 spiro atoms. The van der Waals surface area contributed by atoms with Gasteiger partial charge in [-0.1, -0.05) is 0 Å². The van der Waals surface area contributed by atoms with Crippen molar-refractivity contribution in [2.45, 2.75) is 37.0 Å². The van der Waals surface area contributed by atoms with Crippen LogP contribution >= 0.6 is 0 Å². The predicted molar refractivity (Wildman–Crippen MR) is 55.9 cm³/mol. The van der Waals surface area contributed by atoms with Gasteiger partial charge in [0.2, 0.25) is 10.0 Å². The van der Waals surface area contributed by atoms with E-state index in [9.17, 15) is 17.2 Å². The standard InChI is InChI=1S/C9H16F2N2O2S/c1-7-2-3-13(16(7,14)15)8-4-9(10,11)6-12-5-8/h7-8,12H,2-6H2,1H3/t7?,8-/m1/s1. The summed E-state index contributed by atoms with van der Waals surface area (Å²) in [6.07, 6.45) is 0.163. The van der Waals surface area contributed by atoms with Gasteiger partial charge in [0.05, 0.1) is 11.8 Å². The summed E-state index contributed by atoms with van der Waals surface area (Å²) in [7, 11) is -3.36. The Morgan fingerprint density at radius 2 is 2.12 bits per heavy atom. The Balaban J connectivity index is 2.14. The molecule has 2 rings (SSSR count). The second-order valence-corrected chi connectivity index (χ2v) is 6.90. The third-order valence-electron chi connectivity index (χ3n) is 3.30. The molecule has 4 nitrogen and oxygen atoms in total. The van der Waals surface area contributed by atoms with Crippen molar-refractivity contribution in [2.75, 3.05) is 19.6 Å². The van der Waals surface area contributed by atoms with Gasteiger partial charge in [0, 0.05) is 25.6 Å². The van der Waals surface area contributed by atoms with Crippen LogP contribution in [0.4, 0.5) is 8.78 Å². The highest BCUT2D eigenvalue weighted by atomic mass is 32.2. The minimum Gasteiger partial charge on any atom is -0.310 e. The average Bonchev–Trinajstić information content (AvgIpc) is 2.40. The summed E-state index contributed by atoms with van der Waals surface area (Å²) in [5.74, 6) is -2.80. The molecule has 2 aliphatic heterocycles. The molecule has 16 heavy (non-hydrogen) atoms. The molecule has 0 saturated carbocycles. The molecule has 94 valence electrons. The second kappa shape index (κ2) is 3.89. The zero-order chi connectivity index (χ0) is 12.0. The van der Waals surface area contributed by atoms with Crippen molar-refractivity contribution in [2.24, 2.45) is 0 Å². The van der Waals surface area contributed by atoms with E-state index in [4.69, 9.17) is 0 Å². The van der Waals surface area contributed by atoms with Crippen LogP contribution in [0.25, 0.3) is 0 Å². The summed E-state index contributed by atoms with van der Waals surface area (Å²) >= 11 is 0. The summed E-state index contributed by atoms with van der Waals surface area (Å²) < 4.78 is 51.3. The first kappa shape index (κ1) is 12.2. The molecule has 0 aromatic heterocycles. The highest BCUT2D eigenvalue weighted by molar-refractivity contribution is 7.90. The van der Waals surface area contributed by atoms with Crippen molar-refractivity contribution < 1.29 is 17.2 Å². The van der Waals surface area contributed by atoms with Crippen LogP contribution in [0.5, 0.6) is 0 Å². The molecule has 0 radical (unpaired) electrons. The number of nitrogens with zero attached hydrogens (tertiary/aromatic N) is 1. The van der Waals surface area contributed by atoms with E-state index in [1.54, 1.807) is 6.92 Å². The Bertz CT molecular complexity index is 372. The van der Waals surface area contributed by atoms with Crippen molar-refractivity contribution in [1.29, 1.82) is 0 Å². The Kier molecular flexibility index (Phi) is 2.96. The predicted octanol–water partition coefficient (Wildman–Crippen LogP) is 0.408. The first-order valence-corrected chi connectivity index (χ1v) is 6.92. The molecule has 0 aliphatic carbocycles. The summed E-state index contributed by atoms with van der Waals surface area (Å²) in [5.41, 5.74) is 0. The Labute approximate surface area is 94.0 Å². The fourth-order valence-electron chi connectivity index (χ4n) is 2.32. The number of halogens is 2. The average molecular weight is 254 g/mol. The number of rotatable bonds is 1. The third kappa shape index (κ3) is 2.08. The Morgan fingerprint density at radius 3 is 2.62 bits per heavy atom. The van der Waals surface area contributed by atoms with Gasteiger partial charge >= 0.3 is 0 Å². The Hall–Kier alpha value is -0.270. The molecule has 2 aliphatic rings. The molecular weight excluding hydrogens is 238 g/mol. The van der Waals surface area contributed by atoms with E-state index in [0.29, 0.717) is 19.5 Å². The van der Waals surface area contributed by atoms with E-state index in [1.165, 1.54) is 4.31 Å². The molecule has 0 aromatic rings. The van der Waals surface area contributed by atoms with E-state index >= 15 is 0 Å². The summed E-state index contributed by atoms with van der Waals surface area (Å²) in [5, 5.41) is 2.16. The lowest BCUT2D eigenvalue weighted by molar-refractivity contribution is -0.0397. The minimum atomic E-state index is -3.36. The van der Waals surface area contributed by atoms with Crippen LogP contribution in [-0.2, 0) is 10.0 Å². The normalized spacial score (nSPS) is 38.7. The maximum Gasteiger partial charge on any atom is 0.261 e. The van der Waals surface area contributed by atoms with E-state index in [1.807, 2.05) is 0 Å². The van der Waals surface area contributed by atoms with E-state index in [-0.39, 0.29) is 13.0 Å². The first-order chi connectivity index (χ1) is 7.33. The van der Waals surface area contributed by atoms with E-state index in [0.717, 1.165) is 0 Å². The van der Waals surface area contributed by atoms with Crippen LogP contribution in [0.2, 0.25) is 0 Å². The molecule has 2 heterocycles. The molecule has 2 saturated heterocycles. The maximum absolute atomic E-state index is 13.2. The third-order valence-corrected chi connectivity index (χ3v) is 5.68. The largest absolute Gasteiger partial charge is 0.310 e. The molecule has 1 N–H and O–H groups in total. The molecule has 0 amide bonds. The van der Waals surface area contributed by atoms with Gasteiger partial charge in [0.1, 0.15) is 0 Å². The lowest BCUT2D eigenvalue weighted by Crippen LogP contribution is -2.54. The van der Waals surface area contributed by atoms with Crippen molar-refractivity contribution in [3.8, 4) is 0 Å². The topological polar surface area (TPSA) is 49.4 Å². The molecule has 2 atom stereocenters. The molecule has 1 unspecified atom stereocenters. The summed E-state index contributed by atoms with van der Waals surface area (Å²) in [6.45, 7) is 1.96. The molecule has 2 fully saturated rings. The van der Waals surface area contributed by atoms with Crippen LogP contribution in [-0.4, -0.2) is 49.6 Å². The van der Waals surface area contributed by atoms with Gasteiger partial charge in [-0.15, -0.1) is 0 Å². The fraction of sp³-hybridized carbons (Fsp3) is 1.00. The van der Waals surface area contributed by atoms with Crippen LogP contribution in [0.15, 0.2) is 0 Å². The zero-order valence-electron chi connectivity index (χ0n) is 9.12. The monoisotopic (exact) mass is 254 g/mol. The highest BCUT2D eigenvalue weighted by Gasteiger charge is 2.45. The number of hydrogen-bond acceptors (Lipinski definition) is 3. The molecule has 0 bridgehead atoms. The summed E-state index contributed by atoms with van der Waals surface area (Å²) in [6, 6.07) is -0.598. The molecular formula is C9H16F2N2O2S. The number of sulfonamides is 1. The van der Waals surface area contributed by atoms with Crippen molar-refractivity contribution in [1.82, 2.24) is 9.62 Å². The Morgan fingerprint density at radius 1 is 1.44 bits per heavy atom. The number of piperidine rings is 1. The van der Waals surface area contributed by atoms with Crippen LogP contribution in [0, 0.1) is 0 Å². The highest BCUT2D eigenvalue weighted by Crippen LogP contribution is 2.31. The van der Waals surface area contributed by atoms with Crippen LogP contribution < -0.4 is 5.32 Å². The molecule has 7 heteroatoms. The minimum absolute atomic E-state index is 0.321. The van der Waals surface area contributed by atoms with Gasteiger partial charge in [0.15, 0.2) is 0 Å². The van der Waals surface area contributed by atoms with Gasteiger partial charge in [-0.2, -0.15) is 4.31 Å². The fourth-order valence-corrected chi connectivity index (χ4v) is 4.11. The van der Waals surface area contributed by atoms with Crippen LogP contribution in [0.1, 0.15) is 19.8 Å². The lowest BCUT2D eigenvalue weighted by Gasteiger charge is -2.34. The number of alkyl halides is 2. The van der Waals surface area contributed by atoms with Crippen molar-refractivity contribution in [3.63, 3.8) is 0 Å². The van der Waals surface area contributed by atoms with Crippen molar-refractivity contribution in [3.05, 3.63) is 0 Å². The van der Waals surface area contributed by atoms with Gasteiger partial charge in [-0.3, -0.25) is 0 Å². The maximum atomic E-state index is 13.2. The lowest BCUT2D eigenvalue weighted by atomic mass is 10.0. The molecule has 0 aromatic carbocycles. The zero-order valence-corrected chi connectivity index (χ0v) is 9.93. The van der Waals surface area contributed by atoms with Gasteiger partial charge in [0.25, 0.3) is 5.92 Å². The van der Waals surface area contributed by atoms with Gasteiger partial charge in [-0.25, -0.2) is 17.2 Å². The smallest absolute Gasteiger partial charge is 0.261 e. The number of nitrogens with one attached hydrogen (secondary N) is 1. The SMILES string of the molecule is CC1CCN([C@H]2CNCC(F)(F)C2)S1(=O)=O. The van der Waals surface area contributed by atoms with Crippen LogP contribution in [0.3, 0.4) is 0 Å². The van der Waals surface area contributed by atoms with E-state index < -0.39 is 27.2 Å². The van der Waals surface area contributed by atoms with E-state index in [2.05, 4.69) is 5.32 Å².